The van der Waals surface area contributed by atoms with Gasteiger partial charge < -0.3 is 0 Å². The minimum Gasteiger partial charge on any atom is -0.0839 e. The molecule has 0 heteroatoms. The molecule has 0 aromatic heterocycles. The van der Waals surface area contributed by atoms with Crippen molar-refractivity contribution >= 4 is 0 Å². The summed E-state index contributed by atoms with van der Waals surface area (Å²) < 4.78 is 0. The second kappa shape index (κ2) is 2.42. The molecule has 0 spiro atoms. The van der Waals surface area contributed by atoms with Crippen LogP contribution in [-0.4, -0.2) is 0 Å². The number of fused-ring (bicyclic) bond motifs is 6. The Bertz CT molecular complexity index is 358. The van der Waals surface area contributed by atoms with E-state index in [0.29, 0.717) is 0 Å². The summed E-state index contributed by atoms with van der Waals surface area (Å²) in [6.45, 7) is 0. The lowest BCUT2D eigenvalue weighted by Gasteiger charge is -2.24. The van der Waals surface area contributed by atoms with Crippen molar-refractivity contribution in [1.29, 1.82) is 0 Å². The van der Waals surface area contributed by atoms with Crippen molar-refractivity contribution in [2.45, 2.75) is 19.3 Å². The van der Waals surface area contributed by atoms with Gasteiger partial charge in [0.15, 0.2) is 0 Å². The average Bonchev–Trinajstić information content (AvgIpc) is 2.94. The van der Waals surface area contributed by atoms with E-state index in [4.69, 9.17) is 0 Å². The molecule has 0 heterocycles. The van der Waals surface area contributed by atoms with E-state index in [9.17, 15) is 0 Å². The van der Waals surface area contributed by atoms with E-state index in [1.54, 1.807) is 12.0 Å². The standard InChI is InChI=1S/C14H16/c1-2-4-6-10-9(5-3-1)11-7-13(11)14-8-12(10)14/h1-5,10-14H,6-8H2. The second-order valence-electron chi connectivity index (χ2n) is 5.39. The van der Waals surface area contributed by atoms with Crippen LogP contribution in [0.25, 0.3) is 0 Å². The molecule has 0 saturated heterocycles. The molecule has 0 aromatic carbocycles. The molecule has 0 N–H and O–H groups in total. The summed E-state index contributed by atoms with van der Waals surface area (Å²) in [6, 6.07) is 0. The first-order chi connectivity index (χ1) is 6.95. The molecule has 0 radical (unpaired) electrons. The molecule has 0 aromatic rings. The van der Waals surface area contributed by atoms with E-state index >= 15 is 0 Å². The lowest BCUT2D eigenvalue weighted by Crippen LogP contribution is -2.15. The maximum atomic E-state index is 2.42. The van der Waals surface area contributed by atoms with Crippen molar-refractivity contribution in [1.82, 2.24) is 0 Å². The Kier molecular flexibility index (Phi) is 1.30. The zero-order valence-corrected chi connectivity index (χ0v) is 8.39. The normalized spacial score (nSPS) is 52.0. The van der Waals surface area contributed by atoms with Gasteiger partial charge in [0.1, 0.15) is 0 Å². The van der Waals surface area contributed by atoms with Gasteiger partial charge in [0.05, 0.1) is 0 Å². The van der Waals surface area contributed by atoms with Crippen LogP contribution < -0.4 is 0 Å². The van der Waals surface area contributed by atoms with E-state index in [2.05, 4.69) is 30.4 Å². The van der Waals surface area contributed by atoms with Crippen LogP contribution in [-0.2, 0) is 0 Å². The Balaban J connectivity index is 1.76. The molecular formula is C14H16. The van der Waals surface area contributed by atoms with Gasteiger partial charge in [-0.2, -0.15) is 0 Å². The SMILES string of the molecule is C1=CC=C2C3CC3C3CC3C2CC=C1. The summed E-state index contributed by atoms with van der Waals surface area (Å²) in [5, 5.41) is 0. The summed E-state index contributed by atoms with van der Waals surface area (Å²) in [5.41, 5.74) is 1.80. The maximum Gasteiger partial charge on any atom is -0.0131 e. The Morgan fingerprint density at radius 3 is 2.79 bits per heavy atom. The summed E-state index contributed by atoms with van der Waals surface area (Å²) >= 11 is 0. The van der Waals surface area contributed by atoms with Crippen LogP contribution in [0, 0.1) is 29.6 Å². The lowest BCUT2D eigenvalue weighted by molar-refractivity contribution is 0.415. The van der Waals surface area contributed by atoms with Crippen molar-refractivity contribution in [2.24, 2.45) is 29.6 Å². The van der Waals surface area contributed by atoms with Gasteiger partial charge in [0.2, 0.25) is 0 Å². The zero-order chi connectivity index (χ0) is 9.12. The summed E-state index contributed by atoms with van der Waals surface area (Å²) in [5.74, 6) is 5.24. The minimum absolute atomic E-state index is 0.921. The van der Waals surface area contributed by atoms with Crippen LogP contribution in [0.1, 0.15) is 19.3 Å². The topological polar surface area (TPSA) is 0 Å². The van der Waals surface area contributed by atoms with Crippen molar-refractivity contribution in [3.05, 3.63) is 36.0 Å². The predicted molar refractivity (Wildman–Crippen MR) is 57.7 cm³/mol. The third kappa shape index (κ3) is 0.893. The first-order valence-electron chi connectivity index (χ1n) is 5.98. The molecule has 0 amide bonds. The minimum atomic E-state index is 0.921. The molecule has 4 aliphatic rings. The molecule has 4 rings (SSSR count). The van der Waals surface area contributed by atoms with Crippen molar-refractivity contribution in [3.63, 3.8) is 0 Å². The van der Waals surface area contributed by atoms with E-state index in [-0.39, 0.29) is 0 Å². The average molecular weight is 184 g/mol. The van der Waals surface area contributed by atoms with Crippen LogP contribution in [0.2, 0.25) is 0 Å². The van der Waals surface area contributed by atoms with Gasteiger partial charge in [-0.05, 0) is 48.9 Å². The van der Waals surface area contributed by atoms with Gasteiger partial charge in [0, 0.05) is 0 Å². The smallest absolute Gasteiger partial charge is 0.0131 e. The van der Waals surface area contributed by atoms with Crippen LogP contribution in [0.4, 0.5) is 0 Å². The summed E-state index contributed by atoms with van der Waals surface area (Å²) in [6.07, 6.45) is 15.8. The molecule has 4 aliphatic carbocycles. The van der Waals surface area contributed by atoms with E-state index in [1.807, 2.05) is 0 Å². The maximum absolute atomic E-state index is 2.42. The highest BCUT2D eigenvalue weighted by molar-refractivity contribution is 5.34. The fourth-order valence-corrected chi connectivity index (χ4v) is 3.88. The van der Waals surface area contributed by atoms with Crippen molar-refractivity contribution < 1.29 is 0 Å². The first kappa shape index (κ1) is 7.50. The number of hydrogen-bond acceptors (Lipinski definition) is 0. The van der Waals surface area contributed by atoms with E-state index in [0.717, 1.165) is 29.6 Å². The predicted octanol–water partition coefficient (Wildman–Crippen LogP) is 3.33. The van der Waals surface area contributed by atoms with Crippen LogP contribution in [0.3, 0.4) is 0 Å². The Morgan fingerprint density at radius 2 is 1.79 bits per heavy atom. The van der Waals surface area contributed by atoms with Crippen molar-refractivity contribution in [2.75, 3.05) is 0 Å². The summed E-state index contributed by atoms with van der Waals surface area (Å²) in [4.78, 5) is 0. The van der Waals surface area contributed by atoms with Gasteiger partial charge in [0.25, 0.3) is 0 Å². The van der Waals surface area contributed by atoms with Crippen LogP contribution in [0.15, 0.2) is 36.0 Å². The Hall–Kier alpha value is -0.780. The van der Waals surface area contributed by atoms with E-state index in [1.165, 1.54) is 12.8 Å². The zero-order valence-electron chi connectivity index (χ0n) is 8.39. The molecule has 5 atom stereocenters. The molecule has 0 aliphatic heterocycles. The highest BCUT2D eigenvalue weighted by Crippen LogP contribution is 2.70. The molecule has 0 nitrogen and oxygen atoms in total. The summed E-state index contributed by atoms with van der Waals surface area (Å²) in [7, 11) is 0. The number of rotatable bonds is 0. The fraction of sp³-hybridized carbons (Fsp3) is 0.571. The highest BCUT2D eigenvalue weighted by atomic mass is 14.7. The van der Waals surface area contributed by atoms with Gasteiger partial charge >= 0.3 is 0 Å². The number of allylic oxidation sites excluding steroid dienone is 6. The lowest BCUT2D eigenvalue weighted by atomic mass is 9.81. The molecule has 3 fully saturated rings. The van der Waals surface area contributed by atoms with Gasteiger partial charge in [-0.25, -0.2) is 0 Å². The number of hydrogen-bond donors (Lipinski definition) is 0. The monoisotopic (exact) mass is 184 g/mol. The van der Waals surface area contributed by atoms with Gasteiger partial charge in [-0.1, -0.05) is 36.0 Å². The van der Waals surface area contributed by atoms with E-state index < -0.39 is 0 Å². The highest BCUT2D eigenvalue weighted by Gasteiger charge is 2.62. The molecule has 3 saturated carbocycles. The van der Waals surface area contributed by atoms with Gasteiger partial charge in [-0.15, -0.1) is 0 Å². The van der Waals surface area contributed by atoms with Crippen LogP contribution >= 0.6 is 0 Å². The van der Waals surface area contributed by atoms with Crippen molar-refractivity contribution in [3.8, 4) is 0 Å². The Morgan fingerprint density at radius 1 is 0.857 bits per heavy atom. The first-order valence-corrected chi connectivity index (χ1v) is 5.98. The quantitative estimate of drug-likeness (QED) is 0.541. The molecule has 0 bridgehead atoms. The largest absolute Gasteiger partial charge is 0.0839 e. The second-order valence-corrected chi connectivity index (χ2v) is 5.39. The van der Waals surface area contributed by atoms with Gasteiger partial charge in [-0.3, -0.25) is 0 Å². The molecule has 14 heavy (non-hydrogen) atoms. The third-order valence-electron chi connectivity index (χ3n) is 4.69. The Labute approximate surface area is 85.4 Å². The third-order valence-corrected chi connectivity index (χ3v) is 4.69. The fourth-order valence-electron chi connectivity index (χ4n) is 3.88. The molecule has 5 unspecified atom stereocenters. The molecule has 72 valence electrons. The molecular weight excluding hydrogens is 168 g/mol. The van der Waals surface area contributed by atoms with Crippen LogP contribution in [0.5, 0.6) is 0 Å².